The lowest BCUT2D eigenvalue weighted by Crippen LogP contribution is -2.37. The molecule has 1 N–H and O–H groups in total. The van der Waals surface area contributed by atoms with E-state index < -0.39 is 15.9 Å². The van der Waals surface area contributed by atoms with Crippen LogP contribution in [0.25, 0.3) is 0 Å². The summed E-state index contributed by atoms with van der Waals surface area (Å²) < 4.78 is 26.9. The van der Waals surface area contributed by atoms with Crippen LogP contribution in [0.3, 0.4) is 0 Å². The van der Waals surface area contributed by atoms with Crippen molar-refractivity contribution in [2.75, 3.05) is 4.31 Å². The molecule has 0 aromatic heterocycles. The van der Waals surface area contributed by atoms with Gasteiger partial charge in [0.1, 0.15) is 5.75 Å². The molecule has 0 saturated heterocycles. The van der Waals surface area contributed by atoms with Crippen LogP contribution in [0.1, 0.15) is 19.3 Å². The van der Waals surface area contributed by atoms with E-state index in [4.69, 9.17) is 0 Å². The molecule has 1 amide bonds. The van der Waals surface area contributed by atoms with E-state index in [1.165, 1.54) is 36.4 Å². The number of rotatable bonds is 4. The van der Waals surface area contributed by atoms with Crippen LogP contribution in [-0.2, 0) is 14.8 Å². The highest BCUT2D eigenvalue weighted by atomic mass is 32.2. The van der Waals surface area contributed by atoms with Crippen LogP contribution in [0.4, 0.5) is 5.69 Å². The number of allylic oxidation sites excluding steroid dienone is 1. The van der Waals surface area contributed by atoms with Crippen molar-refractivity contribution in [3.05, 3.63) is 66.2 Å². The Hall–Kier alpha value is -2.60. The second kappa shape index (κ2) is 6.49. The number of benzene rings is 2. The fraction of sp³-hybridized carbons (Fsp3) is 0.167. The maximum absolute atomic E-state index is 13.0. The third kappa shape index (κ3) is 3.05. The predicted molar refractivity (Wildman–Crippen MR) is 91.2 cm³/mol. The fourth-order valence-electron chi connectivity index (χ4n) is 2.68. The molecule has 0 radical (unpaired) electrons. The molecule has 0 heterocycles. The van der Waals surface area contributed by atoms with Crippen molar-refractivity contribution < 1.29 is 18.3 Å². The van der Waals surface area contributed by atoms with Crippen molar-refractivity contribution in [2.45, 2.75) is 24.2 Å². The van der Waals surface area contributed by atoms with Crippen molar-refractivity contribution in [1.82, 2.24) is 0 Å². The largest absolute Gasteiger partial charge is 0.508 e. The van der Waals surface area contributed by atoms with Crippen LogP contribution in [-0.4, -0.2) is 19.4 Å². The maximum atomic E-state index is 13.0. The Morgan fingerprint density at radius 3 is 2.42 bits per heavy atom. The Bertz CT molecular complexity index is 888. The van der Waals surface area contributed by atoms with Gasteiger partial charge in [-0.15, -0.1) is 0 Å². The molecule has 124 valence electrons. The third-order valence-corrected chi connectivity index (χ3v) is 5.57. The van der Waals surface area contributed by atoms with E-state index in [1.54, 1.807) is 24.3 Å². The number of anilines is 1. The normalized spacial score (nSPS) is 14.2. The van der Waals surface area contributed by atoms with Crippen LogP contribution < -0.4 is 4.31 Å². The van der Waals surface area contributed by atoms with E-state index in [0.29, 0.717) is 12.0 Å². The average molecular weight is 343 g/mol. The number of aromatic hydroxyl groups is 1. The Morgan fingerprint density at radius 1 is 1.04 bits per heavy atom. The van der Waals surface area contributed by atoms with E-state index in [2.05, 4.69) is 0 Å². The maximum Gasteiger partial charge on any atom is 0.271 e. The van der Waals surface area contributed by atoms with Gasteiger partial charge in [-0.25, -0.2) is 8.42 Å². The van der Waals surface area contributed by atoms with Crippen molar-refractivity contribution >= 4 is 21.6 Å². The molecule has 6 heteroatoms. The molecule has 0 unspecified atom stereocenters. The number of phenolic OH excluding ortho intramolecular Hbond substituents is 1. The second-order valence-corrected chi connectivity index (χ2v) is 7.32. The van der Waals surface area contributed by atoms with Gasteiger partial charge in [-0.3, -0.25) is 4.79 Å². The molecule has 5 nitrogen and oxygen atoms in total. The molecule has 0 spiro atoms. The number of nitrogens with zero attached hydrogens (tertiary/aromatic N) is 1. The lowest BCUT2D eigenvalue weighted by Gasteiger charge is -2.23. The van der Waals surface area contributed by atoms with Crippen LogP contribution >= 0.6 is 0 Å². The average Bonchev–Trinajstić information content (AvgIpc) is 3.10. The van der Waals surface area contributed by atoms with Gasteiger partial charge in [-0.2, -0.15) is 4.31 Å². The molecule has 3 rings (SSSR count). The summed E-state index contributed by atoms with van der Waals surface area (Å²) >= 11 is 0. The van der Waals surface area contributed by atoms with Crippen molar-refractivity contribution in [3.63, 3.8) is 0 Å². The minimum atomic E-state index is -4.08. The van der Waals surface area contributed by atoms with E-state index in [0.717, 1.165) is 17.1 Å². The van der Waals surface area contributed by atoms with Crippen molar-refractivity contribution in [2.24, 2.45) is 0 Å². The number of sulfonamides is 1. The first-order chi connectivity index (χ1) is 11.5. The van der Waals surface area contributed by atoms with E-state index >= 15 is 0 Å². The van der Waals surface area contributed by atoms with Gasteiger partial charge < -0.3 is 5.11 Å². The summed E-state index contributed by atoms with van der Waals surface area (Å²) in [4.78, 5) is 12.9. The van der Waals surface area contributed by atoms with E-state index in [9.17, 15) is 18.3 Å². The minimum absolute atomic E-state index is 0.0280. The molecule has 24 heavy (non-hydrogen) atoms. The molecule has 2 aromatic carbocycles. The molecular weight excluding hydrogens is 326 g/mol. The zero-order valence-corrected chi connectivity index (χ0v) is 13.7. The lowest BCUT2D eigenvalue weighted by molar-refractivity contribution is -0.114. The van der Waals surface area contributed by atoms with Crippen molar-refractivity contribution in [3.8, 4) is 5.75 Å². The Kier molecular flexibility index (Phi) is 4.40. The highest BCUT2D eigenvalue weighted by Crippen LogP contribution is 2.30. The Balaban J connectivity index is 2.13. The van der Waals surface area contributed by atoms with Crippen LogP contribution in [0, 0.1) is 0 Å². The lowest BCUT2D eigenvalue weighted by atomic mass is 10.2. The smallest absolute Gasteiger partial charge is 0.271 e. The standard InChI is InChI=1S/C18H17NO4S/c20-16-10-6-9-15(13-16)19(18(21)14-7-4-5-8-14)24(22,23)17-11-2-1-3-12-17/h1-3,6-7,9-13,20H,4-5,8H2. The molecule has 0 fully saturated rings. The van der Waals surface area contributed by atoms with E-state index in [1.807, 2.05) is 0 Å². The topological polar surface area (TPSA) is 74.7 Å². The second-order valence-electron chi connectivity index (χ2n) is 5.53. The SMILES string of the molecule is O=C(C1=CCCC1)N(c1cccc(O)c1)S(=O)(=O)c1ccccc1. The number of carbonyl (C=O) groups is 1. The summed E-state index contributed by atoms with van der Waals surface area (Å²) in [6.45, 7) is 0. The summed E-state index contributed by atoms with van der Waals surface area (Å²) in [6.07, 6.45) is 3.93. The molecule has 0 aliphatic heterocycles. The molecular formula is C18H17NO4S. The summed E-state index contributed by atoms with van der Waals surface area (Å²) in [5.74, 6) is -0.670. The fourth-order valence-corrected chi connectivity index (χ4v) is 4.12. The van der Waals surface area contributed by atoms with Gasteiger partial charge in [0, 0.05) is 11.6 Å². The van der Waals surface area contributed by atoms with Gasteiger partial charge >= 0.3 is 0 Å². The first kappa shape index (κ1) is 16.3. The molecule has 0 saturated carbocycles. The summed E-state index contributed by atoms with van der Waals surface area (Å²) in [6, 6.07) is 13.5. The number of carbonyl (C=O) groups excluding carboxylic acids is 1. The van der Waals surface area contributed by atoms with E-state index in [-0.39, 0.29) is 16.3 Å². The number of hydrogen-bond donors (Lipinski definition) is 1. The van der Waals surface area contributed by atoms with Gasteiger partial charge in [0.2, 0.25) is 0 Å². The summed E-state index contributed by atoms with van der Waals surface area (Å²) in [5, 5.41) is 9.70. The van der Waals surface area contributed by atoms with Crippen LogP contribution in [0.15, 0.2) is 71.1 Å². The summed E-state index contributed by atoms with van der Waals surface area (Å²) in [7, 11) is -4.08. The quantitative estimate of drug-likeness (QED) is 0.925. The van der Waals surface area contributed by atoms with Crippen molar-refractivity contribution in [1.29, 1.82) is 0 Å². The highest BCUT2D eigenvalue weighted by molar-refractivity contribution is 7.93. The number of phenols is 1. The zero-order chi connectivity index (χ0) is 17.2. The van der Waals surface area contributed by atoms with Gasteiger partial charge in [0.05, 0.1) is 10.6 Å². The van der Waals surface area contributed by atoms with Crippen LogP contribution in [0.2, 0.25) is 0 Å². The first-order valence-corrected chi connectivity index (χ1v) is 9.07. The highest BCUT2D eigenvalue weighted by Gasteiger charge is 2.33. The third-order valence-electron chi connectivity index (χ3n) is 3.85. The molecule has 1 aliphatic rings. The molecule has 2 aromatic rings. The van der Waals surface area contributed by atoms with Crippen LogP contribution in [0.5, 0.6) is 5.75 Å². The summed E-state index contributed by atoms with van der Waals surface area (Å²) in [5.41, 5.74) is 0.606. The molecule has 1 aliphatic carbocycles. The molecule has 0 atom stereocenters. The predicted octanol–water partition coefficient (Wildman–Crippen LogP) is 3.22. The monoisotopic (exact) mass is 343 g/mol. The minimum Gasteiger partial charge on any atom is -0.508 e. The van der Waals surface area contributed by atoms with Gasteiger partial charge in [-0.05, 0) is 43.5 Å². The van der Waals surface area contributed by atoms with Gasteiger partial charge in [0.25, 0.3) is 15.9 Å². The van der Waals surface area contributed by atoms with Gasteiger partial charge in [-0.1, -0.05) is 30.3 Å². The Labute approximate surface area is 140 Å². The first-order valence-electron chi connectivity index (χ1n) is 7.63. The molecule has 0 bridgehead atoms. The number of amides is 1. The zero-order valence-electron chi connectivity index (χ0n) is 12.9. The number of hydrogen-bond acceptors (Lipinski definition) is 4. The Morgan fingerprint density at radius 2 is 1.79 bits per heavy atom. The van der Waals surface area contributed by atoms with Gasteiger partial charge in [0.15, 0.2) is 0 Å².